The first-order valence-corrected chi connectivity index (χ1v) is 8.14. The Balaban J connectivity index is 1.46. The molecule has 2 aromatic rings. The van der Waals surface area contributed by atoms with Gasteiger partial charge in [0.15, 0.2) is 0 Å². The number of benzene rings is 2. The molecule has 24 heavy (non-hydrogen) atoms. The minimum Gasteiger partial charge on any atom is -0.389 e. The number of aliphatic hydroxyl groups excluding tert-OH is 1. The molecule has 5 heteroatoms. The van der Waals surface area contributed by atoms with Crippen LogP contribution in [0.15, 0.2) is 60.7 Å². The van der Waals surface area contributed by atoms with Gasteiger partial charge in [-0.3, -0.25) is 4.79 Å². The van der Waals surface area contributed by atoms with Gasteiger partial charge in [-0.15, -0.1) is 0 Å². The zero-order valence-electron chi connectivity index (χ0n) is 13.4. The lowest BCUT2D eigenvalue weighted by Gasteiger charge is -2.19. The van der Waals surface area contributed by atoms with Crippen molar-refractivity contribution < 1.29 is 14.6 Å². The van der Waals surface area contributed by atoms with Gasteiger partial charge >= 0.3 is 0 Å². The van der Waals surface area contributed by atoms with Crippen LogP contribution in [0.2, 0.25) is 0 Å². The van der Waals surface area contributed by atoms with Crippen molar-refractivity contribution in [3.05, 3.63) is 71.8 Å². The fourth-order valence-electron chi connectivity index (χ4n) is 2.77. The van der Waals surface area contributed by atoms with Gasteiger partial charge in [0.25, 0.3) is 5.91 Å². The molecule has 1 heterocycles. The Morgan fingerprint density at radius 1 is 1.08 bits per heavy atom. The Bertz CT molecular complexity index is 648. The molecule has 3 N–H and O–H groups in total. The lowest BCUT2D eigenvalue weighted by atomic mass is 10.1. The van der Waals surface area contributed by atoms with E-state index in [1.54, 1.807) is 12.1 Å². The van der Waals surface area contributed by atoms with Gasteiger partial charge in [-0.2, -0.15) is 0 Å². The van der Waals surface area contributed by atoms with Gasteiger partial charge in [0.05, 0.1) is 18.8 Å². The van der Waals surface area contributed by atoms with Crippen molar-refractivity contribution in [3.8, 4) is 0 Å². The summed E-state index contributed by atoms with van der Waals surface area (Å²) >= 11 is 0. The summed E-state index contributed by atoms with van der Waals surface area (Å²) in [6.07, 6.45) is -1.05. The van der Waals surface area contributed by atoms with Crippen molar-refractivity contribution in [3.63, 3.8) is 0 Å². The van der Waals surface area contributed by atoms with E-state index < -0.39 is 12.2 Å². The predicted molar refractivity (Wildman–Crippen MR) is 91.6 cm³/mol. The number of aliphatic hydroxyl groups is 1. The summed E-state index contributed by atoms with van der Waals surface area (Å²) in [5.41, 5.74) is 1.76. The SMILES string of the molecule is O=C(NC[C@H]1OC[C@@H](NCc2ccccc2)[C@@H]1O)c1ccccc1. The molecule has 126 valence electrons. The summed E-state index contributed by atoms with van der Waals surface area (Å²) in [4.78, 5) is 12.0. The average Bonchev–Trinajstić information content (AvgIpc) is 2.99. The molecular weight excluding hydrogens is 304 g/mol. The molecule has 1 amide bonds. The van der Waals surface area contributed by atoms with Crippen LogP contribution in [0, 0.1) is 0 Å². The van der Waals surface area contributed by atoms with E-state index >= 15 is 0 Å². The van der Waals surface area contributed by atoms with Gasteiger partial charge in [-0.25, -0.2) is 0 Å². The van der Waals surface area contributed by atoms with Crippen LogP contribution < -0.4 is 10.6 Å². The molecule has 0 aromatic heterocycles. The Morgan fingerprint density at radius 2 is 1.75 bits per heavy atom. The molecule has 1 fully saturated rings. The fourth-order valence-corrected chi connectivity index (χ4v) is 2.77. The number of carbonyl (C=O) groups excluding carboxylic acids is 1. The number of ether oxygens (including phenoxy) is 1. The van der Waals surface area contributed by atoms with E-state index in [2.05, 4.69) is 10.6 Å². The van der Waals surface area contributed by atoms with Crippen LogP contribution in [0.25, 0.3) is 0 Å². The molecular formula is C19H22N2O3. The molecule has 2 aromatic carbocycles. The van der Waals surface area contributed by atoms with E-state index in [-0.39, 0.29) is 11.9 Å². The Kier molecular flexibility index (Phi) is 5.59. The zero-order valence-corrected chi connectivity index (χ0v) is 13.4. The van der Waals surface area contributed by atoms with Crippen molar-refractivity contribution in [2.24, 2.45) is 0 Å². The van der Waals surface area contributed by atoms with Crippen molar-refractivity contribution in [1.82, 2.24) is 10.6 Å². The van der Waals surface area contributed by atoms with E-state index in [4.69, 9.17) is 4.74 Å². The van der Waals surface area contributed by atoms with Crippen LogP contribution >= 0.6 is 0 Å². The van der Waals surface area contributed by atoms with Crippen molar-refractivity contribution >= 4 is 5.91 Å². The summed E-state index contributed by atoms with van der Waals surface area (Å²) in [7, 11) is 0. The quantitative estimate of drug-likeness (QED) is 0.749. The highest BCUT2D eigenvalue weighted by Crippen LogP contribution is 2.15. The number of carbonyl (C=O) groups is 1. The molecule has 0 spiro atoms. The first kappa shape index (κ1) is 16.6. The first-order chi connectivity index (χ1) is 11.7. The van der Waals surface area contributed by atoms with Gasteiger partial charge in [0, 0.05) is 18.7 Å². The number of hydrogen-bond acceptors (Lipinski definition) is 4. The van der Waals surface area contributed by atoms with E-state index in [1.165, 1.54) is 0 Å². The predicted octanol–water partition coefficient (Wildman–Crippen LogP) is 1.33. The third kappa shape index (κ3) is 4.20. The van der Waals surface area contributed by atoms with Gasteiger partial charge in [0.1, 0.15) is 6.10 Å². The first-order valence-electron chi connectivity index (χ1n) is 8.14. The maximum Gasteiger partial charge on any atom is 0.251 e. The van der Waals surface area contributed by atoms with E-state index in [9.17, 15) is 9.90 Å². The zero-order chi connectivity index (χ0) is 16.8. The van der Waals surface area contributed by atoms with Crippen LogP contribution in [0.4, 0.5) is 0 Å². The highest BCUT2D eigenvalue weighted by Gasteiger charge is 2.35. The van der Waals surface area contributed by atoms with Crippen LogP contribution in [0.1, 0.15) is 15.9 Å². The smallest absolute Gasteiger partial charge is 0.251 e. The van der Waals surface area contributed by atoms with Crippen LogP contribution in [0.5, 0.6) is 0 Å². The summed E-state index contributed by atoms with van der Waals surface area (Å²) in [6.45, 7) is 1.40. The highest BCUT2D eigenvalue weighted by molar-refractivity contribution is 5.94. The molecule has 1 aliphatic heterocycles. The van der Waals surface area contributed by atoms with Crippen LogP contribution in [0.3, 0.4) is 0 Å². The van der Waals surface area contributed by atoms with Crippen molar-refractivity contribution in [2.45, 2.75) is 24.8 Å². The lowest BCUT2D eigenvalue weighted by molar-refractivity contribution is 0.0398. The van der Waals surface area contributed by atoms with Gasteiger partial charge in [-0.05, 0) is 17.7 Å². The third-order valence-electron chi connectivity index (χ3n) is 4.19. The maximum absolute atomic E-state index is 12.0. The highest BCUT2D eigenvalue weighted by atomic mass is 16.5. The van der Waals surface area contributed by atoms with Crippen molar-refractivity contribution in [2.75, 3.05) is 13.2 Å². The average molecular weight is 326 g/mol. The number of nitrogens with one attached hydrogen (secondary N) is 2. The number of rotatable bonds is 6. The fraction of sp³-hybridized carbons (Fsp3) is 0.316. The second-order valence-electron chi connectivity index (χ2n) is 5.91. The molecule has 5 nitrogen and oxygen atoms in total. The minimum absolute atomic E-state index is 0.135. The van der Waals surface area contributed by atoms with Gasteiger partial charge in [-0.1, -0.05) is 48.5 Å². The summed E-state index contributed by atoms with van der Waals surface area (Å²) in [5, 5.41) is 16.5. The summed E-state index contributed by atoms with van der Waals surface area (Å²) in [5.74, 6) is -0.160. The van der Waals surface area contributed by atoms with Gasteiger partial charge in [0.2, 0.25) is 0 Å². The maximum atomic E-state index is 12.0. The van der Waals surface area contributed by atoms with E-state index in [0.29, 0.717) is 25.3 Å². The normalized spacial score (nSPS) is 23.1. The number of hydrogen-bond donors (Lipinski definition) is 3. The standard InChI is InChI=1S/C19H22N2O3/c22-18-16(20-11-14-7-3-1-4-8-14)13-24-17(18)12-21-19(23)15-9-5-2-6-10-15/h1-10,16-18,20,22H,11-13H2,(H,21,23)/t16-,17-,18+/m1/s1. The Labute approximate surface area is 141 Å². The Hall–Kier alpha value is -2.21. The number of amides is 1. The topological polar surface area (TPSA) is 70.6 Å². The van der Waals surface area contributed by atoms with Crippen LogP contribution in [-0.2, 0) is 11.3 Å². The third-order valence-corrected chi connectivity index (χ3v) is 4.19. The molecule has 3 rings (SSSR count). The lowest BCUT2D eigenvalue weighted by Crippen LogP contribution is -2.44. The van der Waals surface area contributed by atoms with Crippen LogP contribution in [-0.4, -0.2) is 42.4 Å². The van der Waals surface area contributed by atoms with Crippen molar-refractivity contribution in [1.29, 1.82) is 0 Å². The summed E-state index contributed by atoms with van der Waals surface area (Å²) < 4.78 is 5.63. The second kappa shape index (κ2) is 8.06. The largest absolute Gasteiger partial charge is 0.389 e. The van der Waals surface area contributed by atoms with E-state index in [0.717, 1.165) is 5.56 Å². The molecule has 1 saturated heterocycles. The second-order valence-corrected chi connectivity index (χ2v) is 5.91. The molecule has 0 aliphatic carbocycles. The molecule has 0 saturated carbocycles. The minimum atomic E-state index is -0.648. The molecule has 3 atom stereocenters. The monoisotopic (exact) mass is 326 g/mol. The molecule has 0 radical (unpaired) electrons. The Morgan fingerprint density at radius 3 is 2.46 bits per heavy atom. The molecule has 1 aliphatic rings. The molecule has 0 unspecified atom stereocenters. The summed E-state index contributed by atoms with van der Waals surface area (Å²) in [6, 6.07) is 18.9. The van der Waals surface area contributed by atoms with Gasteiger partial charge < -0.3 is 20.5 Å². The van der Waals surface area contributed by atoms with E-state index in [1.807, 2.05) is 48.5 Å². The molecule has 0 bridgehead atoms.